The van der Waals surface area contributed by atoms with Gasteiger partial charge in [0.15, 0.2) is 0 Å². The minimum absolute atomic E-state index is 0.371. The molecule has 2 heteroatoms. The molecular weight excluding hydrogens is 246 g/mol. The summed E-state index contributed by atoms with van der Waals surface area (Å²) in [5, 5.41) is 13.5. The number of hydrogen-bond acceptors (Lipinski definition) is 2. The lowest BCUT2D eigenvalue weighted by atomic mass is 10.0. The van der Waals surface area contributed by atoms with Gasteiger partial charge in [-0.25, -0.2) is 0 Å². The molecule has 0 bridgehead atoms. The summed E-state index contributed by atoms with van der Waals surface area (Å²) in [6.07, 6.45) is 2.59. The Morgan fingerprint density at radius 2 is 1.75 bits per heavy atom. The lowest BCUT2D eigenvalue weighted by molar-refractivity contribution is 0.470. The van der Waals surface area contributed by atoms with Gasteiger partial charge in [-0.3, -0.25) is 0 Å². The summed E-state index contributed by atoms with van der Waals surface area (Å²) in [4.78, 5) is 0. The van der Waals surface area contributed by atoms with Crippen molar-refractivity contribution in [2.24, 2.45) is 5.92 Å². The first-order valence-corrected chi connectivity index (χ1v) is 7.27. The van der Waals surface area contributed by atoms with Crippen molar-refractivity contribution in [3.05, 3.63) is 59.2 Å². The van der Waals surface area contributed by atoms with Crippen LogP contribution in [0.1, 0.15) is 35.6 Å². The fourth-order valence-electron chi connectivity index (χ4n) is 2.69. The molecule has 1 atom stereocenters. The number of aryl methyl sites for hydroxylation is 2. The van der Waals surface area contributed by atoms with Crippen LogP contribution in [0, 0.1) is 19.8 Å². The van der Waals surface area contributed by atoms with Crippen molar-refractivity contribution in [3.63, 3.8) is 0 Å². The molecular formula is C18H21NO. The summed E-state index contributed by atoms with van der Waals surface area (Å²) in [5.41, 5.74) is 4.48. The average Bonchev–Trinajstić information content (AvgIpc) is 3.27. The van der Waals surface area contributed by atoms with E-state index in [1.54, 1.807) is 0 Å². The van der Waals surface area contributed by atoms with Gasteiger partial charge in [-0.2, -0.15) is 0 Å². The Morgan fingerprint density at radius 3 is 2.40 bits per heavy atom. The number of benzene rings is 2. The minimum Gasteiger partial charge on any atom is -0.508 e. The maximum Gasteiger partial charge on any atom is 0.118 e. The molecule has 3 rings (SSSR count). The molecule has 0 heterocycles. The number of rotatable bonds is 4. The number of nitrogens with one attached hydrogen (secondary N) is 1. The van der Waals surface area contributed by atoms with Gasteiger partial charge < -0.3 is 10.4 Å². The number of hydrogen-bond donors (Lipinski definition) is 2. The van der Waals surface area contributed by atoms with Crippen molar-refractivity contribution in [2.75, 3.05) is 5.32 Å². The molecule has 20 heavy (non-hydrogen) atoms. The molecule has 2 N–H and O–H groups in total. The predicted molar refractivity (Wildman–Crippen MR) is 83.1 cm³/mol. The zero-order valence-electron chi connectivity index (χ0n) is 12.1. The van der Waals surface area contributed by atoms with Crippen LogP contribution in [-0.4, -0.2) is 5.11 Å². The molecule has 0 aliphatic heterocycles. The lowest BCUT2D eigenvalue weighted by Crippen LogP contribution is -2.13. The first kappa shape index (κ1) is 13.0. The van der Waals surface area contributed by atoms with Crippen molar-refractivity contribution in [1.29, 1.82) is 0 Å². The third-order valence-electron chi connectivity index (χ3n) is 4.11. The predicted octanol–water partition coefficient (Wildman–Crippen LogP) is 4.57. The normalized spacial score (nSPS) is 15.9. The van der Waals surface area contributed by atoms with Crippen LogP contribution in [0.5, 0.6) is 5.75 Å². The van der Waals surface area contributed by atoms with Gasteiger partial charge in [-0.15, -0.1) is 0 Å². The van der Waals surface area contributed by atoms with Crippen molar-refractivity contribution < 1.29 is 5.11 Å². The van der Waals surface area contributed by atoms with E-state index in [2.05, 4.69) is 35.6 Å². The van der Waals surface area contributed by atoms with Crippen molar-refractivity contribution in [2.45, 2.75) is 32.7 Å². The summed E-state index contributed by atoms with van der Waals surface area (Å²) >= 11 is 0. The van der Waals surface area contributed by atoms with E-state index in [4.69, 9.17) is 0 Å². The number of phenols is 1. The van der Waals surface area contributed by atoms with Gasteiger partial charge >= 0.3 is 0 Å². The number of anilines is 1. The maximum absolute atomic E-state index is 9.77. The van der Waals surface area contributed by atoms with E-state index in [1.807, 2.05) is 26.0 Å². The Balaban J connectivity index is 1.89. The zero-order chi connectivity index (χ0) is 14.1. The van der Waals surface area contributed by atoms with Gasteiger partial charge in [0.2, 0.25) is 0 Å². The second kappa shape index (κ2) is 5.20. The van der Waals surface area contributed by atoms with E-state index in [0.29, 0.717) is 11.8 Å². The third-order valence-corrected chi connectivity index (χ3v) is 4.11. The molecule has 0 spiro atoms. The highest BCUT2D eigenvalue weighted by Gasteiger charge is 2.32. The zero-order valence-corrected chi connectivity index (χ0v) is 12.1. The van der Waals surface area contributed by atoms with Crippen LogP contribution in [0.2, 0.25) is 0 Å². The van der Waals surface area contributed by atoms with Gasteiger partial charge in [0.25, 0.3) is 0 Å². The monoisotopic (exact) mass is 267 g/mol. The molecule has 1 fully saturated rings. The van der Waals surface area contributed by atoms with Gasteiger partial charge in [-0.05, 0) is 61.4 Å². The molecule has 0 amide bonds. The van der Waals surface area contributed by atoms with Crippen molar-refractivity contribution >= 4 is 5.69 Å². The SMILES string of the molecule is Cc1cc(NC(c2ccccc2)C2CC2)c(C)cc1O. The first-order valence-electron chi connectivity index (χ1n) is 7.27. The van der Waals surface area contributed by atoms with Gasteiger partial charge in [-0.1, -0.05) is 30.3 Å². The minimum atomic E-state index is 0.371. The van der Waals surface area contributed by atoms with E-state index < -0.39 is 0 Å². The Morgan fingerprint density at radius 1 is 1.05 bits per heavy atom. The second-order valence-corrected chi connectivity index (χ2v) is 5.82. The van der Waals surface area contributed by atoms with E-state index in [0.717, 1.165) is 22.7 Å². The third kappa shape index (κ3) is 2.64. The molecule has 2 aromatic carbocycles. The first-order chi connectivity index (χ1) is 9.65. The molecule has 0 saturated heterocycles. The summed E-state index contributed by atoms with van der Waals surface area (Å²) in [7, 11) is 0. The van der Waals surface area contributed by atoms with Crippen molar-refractivity contribution in [3.8, 4) is 5.75 Å². The Hall–Kier alpha value is -1.96. The summed E-state index contributed by atoms with van der Waals surface area (Å²) in [6.45, 7) is 3.98. The van der Waals surface area contributed by atoms with Crippen LogP contribution in [0.4, 0.5) is 5.69 Å². The highest BCUT2D eigenvalue weighted by Crippen LogP contribution is 2.43. The van der Waals surface area contributed by atoms with Gasteiger partial charge in [0.1, 0.15) is 5.75 Å². The highest BCUT2D eigenvalue weighted by atomic mass is 16.3. The van der Waals surface area contributed by atoms with Crippen LogP contribution in [0.15, 0.2) is 42.5 Å². The average molecular weight is 267 g/mol. The number of phenolic OH excluding ortho intramolecular Hbond substituents is 1. The molecule has 1 aliphatic rings. The Bertz CT molecular complexity index is 602. The summed E-state index contributed by atoms with van der Waals surface area (Å²) < 4.78 is 0. The fourth-order valence-corrected chi connectivity index (χ4v) is 2.69. The molecule has 2 nitrogen and oxygen atoms in total. The van der Waals surface area contributed by atoms with E-state index in [-0.39, 0.29) is 0 Å². The maximum atomic E-state index is 9.77. The quantitative estimate of drug-likeness (QED) is 0.795. The topological polar surface area (TPSA) is 32.3 Å². The highest BCUT2D eigenvalue weighted by molar-refractivity contribution is 5.58. The number of aromatic hydroxyl groups is 1. The Labute approximate surface area is 120 Å². The molecule has 0 aromatic heterocycles. The molecule has 104 valence electrons. The second-order valence-electron chi connectivity index (χ2n) is 5.82. The van der Waals surface area contributed by atoms with Crippen LogP contribution in [0.3, 0.4) is 0 Å². The van der Waals surface area contributed by atoms with Crippen LogP contribution in [-0.2, 0) is 0 Å². The standard InChI is InChI=1S/C18H21NO/c1-12-11-17(20)13(2)10-16(12)19-18(15-8-9-15)14-6-4-3-5-7-14/h3-7,10-11,15,18-20H,8-9H2,1-2H3. The fraction of sp³-hybridized carbons (Fsp3) is 0.333. The van der Waals surface area contributed by atoms with Crippen LogP contribution < -0.4 is 5.32 Å². The Kier molecular flexibility index (Phi) is 3.39. The van der Waals surface area contributed by atoms with E-state index in [9.17, 15) is 5.11 Å². The van der Waals surface area contributed by atoms with E-state index in [1.165, 1.54) is 18.4 Å². The van der Waals surface area contributed by atoms with Gasteiger partial charge in [0, 0.05) is 5.69 Å². The van der Waals surface area contributed by atoms with Crippen LogP contribution >= 0.6 is 0 Å². The van der Waals surface area contributed by atoms with Gasteiger partial charge in [0.05, 0.1) is 6.04 Å². The molecule has 0 radical (unpaired) electrons. The van der Waals surface area contributed by atoms with Crippen LogP contribution in [0.25, 0.3) is 0 Å². The summed E-state index contributed by atoms with van der Waals surface area (Å²) in [6, 6.07) is 14.9. The summed E-state index contributed by atoms with van der Waals surface area (Å²) in [5.74, 6) is 1.10. The molecule has 1 unspecified atom stereocenters. The largest absolute Gasteiger partial charge is 0.508 e. The van der Waals surface area contributed by atoms with Crippen molar-refractivity contribution in [1.82, 2.24) is 0 Å². The molecule has 1 aliphatic carbocycles. The smallest absolute Gasteiger partial charge is 0.118 e. The van der Waals surface area contributed by atoms with E-state index >= 15 is 0 Å². The molecule has 1 saturated carbocycles. The molecule has 2 aromatic rings. The lowest BCUT2D eigenvalue weighted by Gasteiger charge is -2.22.